The molecule has 3 N–H and O–H groups in total. The summed E-state index contributed by atoms with van der Waals surface area (Å²) in [6, 6.07) is 11.3. The Morgan fingerprint density at radius 1 is 1.03 bits per heavy atom. The van der Waals surface area contributed by atoms with E-state index < -0.39 is 6.36 Å². The van der Waals surface area contributed by atoms with E-state index in [4.69, 9.17) is 5.11 Å². The first-order valence-electron chi connectivity index (χ1n) is 9.28. The second-order valence-electron chi connectivity index (χ2n) is 6.41. The number of nitrogens with zero attached hydrogens (tertiary/aromatic N) is 2. The van der Waals surface area contributed by atoms with Crippen molar-refractivity contribution in [3.63, 3.8) is 0 Å². The number of anilines is 2. The van der Waals surface area contributed by atoms with Gasteiger partial charge in [0.05, 0.1) is 0 Å². The Labute approximate surface area is 171 Å². The number of hydrogen-bond acceptors (Lipinski definition) is 6. The Morgan fingerprint density at radius 3 is 2.50 bits per heavy atom. The molecule has 0 unspecified atom stereocenters. The molecule has 0 saturated heterocycles. The molecule has 0 aliphatic carbocycles. The Bertz CT molecular complexity index is 935. The zero-order valence-electron chi connectivity index (χ0n) is 16.0. The van der Waals surface area contributed by atoms with Gasteiger partial charge in [-0.15, -0.1) is 13.2 Å². The van der Waals surface area contributed by atoms with E-state index >= 15 is 0 Å². The van der Waals surface area contributed by atoms with Crippen molar-refractivity contribution in [2.45, 2.75) is 19.3 Å². The number of halogens is 3. The number of pyridine rings is 2. The van der Waals surface area contributed by atoms with Gasteiger partial charge in [-0.2, -0.15) is 0 Å². The van der Waals surface area contributed by atoms with E-state index in [0.29, 0.717) is 31.0 Å². The first kappa shape index (κ1) is 21.4. The SMILES string of the molecule is OCCCNc1ncc(CNc2ccc(OC(F)(F)F)cc2)cc1-c1cccnc1. The lowest BCUT2D eigenvalue weighted by molar-refractivity contribution is -0.274. The van der Waals surface area contributed by atoms with Gasteiger partial charge in [0.2, 0.25) is 0 Å². The van der Waals surface area contributed by atoms with Crippen molar-refractivity contribution < 1.29 is 23.0 Å². The highest BCUT2D eigenvalue weighted by atomic mass is 19.4. The number of alkyl halides is 3. The van der Waals surface area contributed by atoms with Crippen LogP contribution in [-0.2, 0) is 6.54 Å². The molecule has 0 radical (unpaired) electrons. The highest BCUT2D eigenvalue weighted by Gasteiger charge is 2.30. The van der Waals surface area contributed by atoms with E-state index in [2.05, 4.69) is 25.3 Å². The van der Waals surface area contributed by atoms with Gasteiger partial charge in [0.15, 0.2) is 0 Å². The minimum atomic E-state index is -4.71. The van der Waals surface area contributed by atoms with E-state index in [1.165, 1.54) is 24.3 Å². The van der Waals surface area contributed by atoms with Crippen molar-refractivity contribution >= 4 is 11.5 Å². The number of ether oxygens (including phenoxy) is 1. The van der Waals surface area contributed by atoms with Crippen molar-refractivity contribution in [3.8, 4) is 16.9 Å². The van der Waals surface area contributed by atoms with Crippen LogP contribution in [0.4, 0.5) is 24.7 Å². The summed E-state index contributed by atoms with van der Waals surface area (Å²) in [7, 11) is 0. The van der Waals surface area contributed by atoms with Crippen molar-refractivity contribution in [1.82, 2.24) is 9.97 Å². The molecule has 9 heteroatoms. The quantitative estimate of drug-likeness (QED) is 0.446. The van der Waals surface area contributed by atoms with E-state index in [1.807, 2.05) is 18.2 Å². The van der Waals surface area contributed by atoms with Gasteiger partial charge in [-0.25, -0.2) is 4.98 Å². The number of nitrogens with one attached hydrogen (secondary N) is 2. The maximum absolute atomic E-state index is 12.3. The molecule has 2 aromatic heterocycles. The Kier molecular flexibility index (Phi) is 7.08. The molecule has 0 amide bonds. The third-order valence-electron chi connectivity index (χ3n) is 4.13. The van der Waals surface area contributed by atoms with E-state index in [0.717, 1.165) is 16.7 Å². The monoisotopic (exact) mass is 418 g/mol. The van der Waals surface area contributed by atoms with Gasteiger partial charge in [0.25, 0.3) is 0 Å². The van der Waals surface area contributed by atoms with Crippen LogP contribution < -0.4 is 15.4 Å². The summed E-state index contributed by atoms with van der Waals surface area (Å²) in [5, 5.41) is 15.4. The molecule has 30 heavy (non-hydrogen) atoms. The number of aliphatic hydroxyl groups is 1. The van der Waals surface area contributed by atoms with Gasteiger partial charge < -0.3 is 20.5 Å². The third-order valence-corrected chi connectivity index (χ3v) is 4.13. The maximum Gasteiger partial charge on any atom is 0.573 e. The first-order chi connectivity index (χ1) is 14.4. The number of benzene rings is 1. The predicted molar refractivity (Wildman–Crippen MR) is 108 cm³/mol. The van der Waals surface area contributed by atoms with Crippen LogP contribution in [0.1, 0.15) is 12.0 Å². The summed E-state index contributed by atoms with van der Waals surface area (Å²) in [4.78, 5) is 8.64. The van der Waals surface area contributed by atoms with Crippen molar-refractivity contribution in [2.24, 2.45) is 0 Å². The first-order valence-corrected chi connectivity index (χ1v) is 9.28. The lowest BCUT2D eigenvalue weighted by Crippen LogP contribution is -2.17. The van der Waals surface area contributed by atoms with Gasteiger partial charge in [-0.1, -0.05) is 6.07 Å². The van der Waals surface area contributed by atoms with Crippen LogP contribution in [0.3, 0.4) is 0 Å². The van der Waals surface area contributed by atoms with Crippen molar-refractivity contribution in [3.05, 3.63) is 66.6 Å². The zero-order chi connectivity index (χ0) is 21.4. The molecule has 158 valence electrons. The summed E-state index contributed by atoms with van der Waals surface area (Å²) in [5.74, 6) is 0.417. The molecule has 3 aromatic rings. The van der Waals surface area contributed by atoms with Crippen LogP contribution in [0.15, 0.2) is 61.1 Å². The van der Waals surface area contributed by atoms with Gasteiger partial charge in [-0.3, -0.25) is 4.98 Å². The van der Waals surface area contributed by atoms with Crippen LogP contribution in [0.2, 0.25) is 0 Å². The normalized spacial score (nSPS) is 11.2. The van der Waals surface area contributed by atoms with Crippen LogP contribution in [-0.4, -0.2) is 34.6 Å². The molecule has 0 bridgehead atoms. The van der Waals surface area contributed by atoms with Crippen LogP contribution in [0.5, 0.6) is 5.75 Å². The standard InChI is InChI=1S/C21H21F3N4O2/c22-21(23,24)30-18-6-4-17(5-7-18)27-12-15-11-19(16-3-1-8-25-14-16)20(28-13-15)26-9-2-10-29/h1,3-8,11,13-14,27,29H,2,9-10,12H2,(H,26,28). The van der Waals surface area contributed by atoms with E-state index in [9.17, 15) is 13.2 Å². The smallest absolute Gasteiger partial charge is 0.406 e. The fourth-order valence-corrected chi connectivity index (χ4v) is 2.75. The summed E-state index contributed by atoms with van der Waals surface area (Å²) in [6.45, 7) is 1.10. The maximum atomic E-state index is 12.3. The Hall–Kier alpha value is -3.33. The number of aliphatic hydroxyl groups excluding tert-OH is 1. The summed E-state index contributed by atoms with van der Waals surface area (Å²) in [5.41, 5.74) is 3.30. The minimum absolute atomic E-state index is 0.0873. The van der Waals surface area contributed by atoms with Crippen LogP contribution in [0.25, 0.3) is 11.1 Å². The largest absolute Gasteiger partial charge is 0.573 e. The molecule has 2 heterocycles. The van der Waals surface area contributed by atoms with Crippen LogP contribution >= 0.6 is 0 Å². The Balaban J connectivity index is 1.71. The molecule has 6 nitrogen and oxygen atoms in total. The third kappa shape index (κ3) is 6.35. The molecule has 0 spiro atoms. The lowest BCUT2D eigenvalue weighted by atomic mass is 10.1. The van der Waals surface area contributed by atoms with E-state index in [1.54, 1.807) is 18.6 Å². The summed E-state index contributed by atoms with van der Waals surface area (Å²) < 4.78 is 40.6. The minimum Gasteiger partial charge on any atom is -0.406 e. The molecular formula is C21H21F3N4O2. The molecule has 0 atom stereocenters. The Morgan fingerprint density at radius 2 is 1.83 bits per heavy atom. The average molecular weight is 418 g/mol. The summed E-state index contributed by atoms with van der Waals surface area (Å²) >= 11 is 0. The molecular weight excluding hydrogens is 397 g/mol. The predicted octanol–water partition coefficient (Wildman–Crippen LogP) is 4.45. The second kappa shape index (κ2) is 9.93. The van der Waals surface area contributed by atoms with Crippen LogP contribution in [0, 0.1) is 0 Å². The number of aromatic nitrogens is 2. The molecule has 0 aliphatic rings. The molecule has 0 fully saturated rings. The van der Waals surface area contributed by atoms with Crippen molar-refractivity contribution in [2.75, 3.05) is 23.8 Å². The fourth-order valence-electron chi connectivity index (χ4n) is 2.75. The number of hydrogen-bond donors (Lipinski definition) is 3. The molecule has 0 saturated carbocycles. The fraction of sp³-hybridized carbons (Fsp3) is 0.238. The molecule has 3 rings (SSSR count). The van der Waals surface area contributed by atoms with Gasteiger partial charge in [0.1, 0.15) is 11.6 Å². The molecule has 1 aromatic carbocycles. The second-order valence-corrected chi connectivity index (χ2v) is 6.41. The van der Waals surface area contributed by atoms with Gasteiger partial charge in [0, 0.05) is 55.1 Å². The summed E-state index contributed by atoms with van der Waals surface area (Å²) in [6.07, 6.45) is 1.04. The highest BCUT2D eigenvalue weighted by molar-refractivity contribution is 5.75. The van der Waals surface area contributed by atoms with E-state index in [-0.39, 0.29) is 12.4 Å². The zero-order valence-corrected chi connectivity index (χ0v) is 16.0. The van der Waals surface area contributed by atoms with Gasteiger partial charge >= 0.3 is 6.36 Å². The molecule has 0 aliphatic heterocycles. The van der Waals surface area contributed by atoms with Crippen molar-refractivity contribution in [1.29, 1.82) is 0 Å². The average Bonchev–Trinajstić information content (AvgIpc) is 2.73. The number of rotatable bonds is 9. The lowest BCUT2D eigenvalue weighted by Gasteiger charge is -2.14. The highest BCUT2D eigenvalue weighted by Crippen LogP contribution is 2.27. The van der Waals surface area contributed by atoms with Gasteiger partial charge in [-0.05, 0) is 48.4 Å². The topological polar surface area (TPSA) is 79.3 Å².